The second-order valence-corrected chi connectivity index (χ2v) is 4.76. The summed E-state index contributed by atoms with van der Waals surface area (Å²) in [4.78, 5) is 28.2. The van der Waals surface area contributed by atoms with Crippen LogP contribution in [0.5, 0.6) is 0 Å². The van der Waals surface area contributed by atoms with Crippen molar-refractivity contribution in [1.82, 2.24) is 20.1 Å². The molecule has 2 heterocycles. The molecule has 1 saturated carbocycles. The Morgan fingerprint density at radius 2 is 2.28 bits per heavy atom. The van der Waals surface area contributed by atoms with Crippen molar-refractivity contribution in [3.05, 3.63) is 27.7 Å². The van der Waals surface area contributed by atoms with Gasteiger partial charge in [-0.3, -0.25) is 19.4 Å². The van der Waals surface area contributed by atoms with Crippen molar-refractivity contribution in [2.75, 3.05) is 0 Å². The van der Waals surface area contributed by atoms with E-state index in [0.717, 1.165) is 18.5 Å². The van der Waals surface area contributed by atoms with E-state index >= 15 is 0 Å². The van der Waals surface area contributed by atoms with E-state index in [0.29, 0.717) is 16.6 Å². The molecule has 1 amide bonds. The molecule has 3 rings (SSSR count). The second-order valence-electron chi connectivity index (χ2n) is 4.76. The Kier molecular flexibility index (Phi) is 2.26. The maximum absolute atomic E-state index is 12.1. The average Bonchev–Trinajstić information content (AvgIpc) is 3.06. The van der Waals surface area contributed by atoms with Gasteiger partial charge in [-0.15, -0.1) is 0 Å². The molecule has 0 aromatic carbocycles. The molecule has 0 aliphatic heterocycles. The molecule has 1 aliphatic carbocycles. The fraction of sp³-hybridized carbons (Fsp3) is 0.417. The number of H-pyrrole nitrogens is 1. The van der Waals surface area contributed by atoms with Gasteiger partial charge in [0, 0.05) is 18.8 Å². The van der Waals surface area contributed by atoms with Gasteiger partial charge in [-0.25, -0.2) is 4.98 Å². The highest BCUT2D eigenvalue weighted by Crippen LogP contribution is 2.21. The van der Waals surface area contributed by atoms with Gasteiger partial charge in [0.2, 0.25) is 0 Å². The van der Waals surface area contributed by atoms with Crippen LogP contribution in [0, 0.1) is 6.92 Å². The first-order chi connectivity index (χ1) is 8.56. The zero-order valence-corrected chi connectivity index (χ0v) is 10.3. The maximum atomic E-state index is 12.1. The van der Waals surface area contributed by atoms with E-state index in [-0.39, 0.29) is 17.5 Å². The number of nitrogens with zero attached hydrogens (tertiary/aromatic N) is 2. The number of aryl methyl sites for hydroxylation is 2. The summed E-state index contributed by atoms with van der Waals surface area (Å²) in [7, 11) is 1.71. The van der Waals surface area contributed by atoms with Crippen LogP contribution in [0.2, 0.25) is 0 Å². The quantitative estimate of drug-likeness (QED) is 0.808. The minimum atomic E-state index is -0.277. The normalized spacial score (nSPS) is 15.0. The van der Waals surface area contributed by atoms with Crippen molar-refractivity contribution in [3.8, 4) is 0 Å². The highest BCUT2D eigenvalue weighted by atomic mass is 16.2. The fourth-order valence-electron chi connectivity index (χ4n) is 2.05. The van der Waals surface area contributed by atoms with E-state index in [9.17, 15) is 9.59 Å². The summed E-state index contributed by atoms with van der Waals surface area (Å²) < 4.78 is 1.54. The molecule has 0 unspecified atom stereocenters. The molecular formula is C12H14N4O2. The van der Waals surface area contributed by atoms with Gasteiger partial charge >= 0.3 is 0 Å². The van der Waals surface area contributed by atoms with Crippen LogP contribution >= 0.6 is 0 Å². The number of hydrogen-bond acceptors (Lipinski definition) is 3. The van der Waals surface area contributed by atoms with Crippen LogP contribution < -0.4 is 10.9 Å². The molecule has 6 nitrogen and oxygen atoms in total. The fourth-order valence-corrected chi connectivity index (χ4v) is 2.05. The number of carbonyl (C=O) groups excluding carboxylic acids is 1. The summed E-state index contributed by atoms with van der Waals surface area (Å²) in [5.74, 6) is -0.190. The standard InChI is InChI=1S/C12H14N4O2/c1-6-5-8(11(17)14-7-3-4-7)9-10(13-6)16(2)15-12(9)18/h5,7H,3-4H2,1-2H3,(H,14,17)(H,15,18). The molecule has 0 spiro atoms. The zero-order chi connectivity index (χ0) is 12.9. The van der Waals surface area contributed by atoms with Gasteiger partial charge in [0.25, 0.3) is 11.5 Å². The number of fused-ring (bicyclic) bond motifs is 1. The first-order valence-corrected chi connectivity index (χ1v) is 5.93. The monoisotopic (exact) mass is 246 g/mol. The number of nitrogens with one attached hydrogen (secondary N) is 2. The lowest BCUT2D eigenvalue weighted by molar-refractivity contribution is 0.0952. The van der Waals surface area contributed by atoms with Crippen molar-refractivity contribution in [3.63, 3.8) is 0 Å². The van der Waals surface area contributed by atoms with E-state index in [1.54, 1.807) is 17.8 Å². The first kappa shape index (κ1) is 11.0. The van der Waals surface area contributed by atoms with E-state index < -0.39 is 0 Å². The summed E-state index contributed by atoms with van der Waals surface area (Å²) in [6.45, 7) is 1.81. The van der Waals surface area contributed by atoms with Gasteiger partial charge in [-0.05, 0) is 25.8 Å². The largest absolute Gasteiger partial charge is 0.349 e. The van der Waals surface area contributed by atoms with Gasteiger partial charge < -0.3 is 5.32 Å². The molecule has 0 atom stereocenters. The van der Waals surface area contributed by atoms with Gasteiger partial charge in [0.05, 0.1) is 10.9 Å². The molecule has 0 bridgehead atoms. The van der Waals surface area contributed by atoms with Crippen LogP contribution in [0.4, 0.5) is 0 Å². The molecule has 18 heavy (non-hydrogen) atoms. The van der Waals surface area contributed by atoms with Gasteiger partial charge in [0.15, 0.2) is 5.65 Å². The highest BCUT2D eigenvalue weighted by Gasteiger charge is 2.26. The topological polar surface area (TPSA) is 79.8 Å². The molecular weight excluding hydrogens is 232 g/mol. The SMILES string of the molecule is Cc1cc(C(=O)NC2CC2)c2c(=O)[nH]n(C)c2n1. The van der Waals surface area contributed by atoms with E-state index in [1.165, 1.54) is 0 Å². The molecule has 94 valence electrons. The average molecular weight is 246 g/mol. The predicted octanol–water partition coefficient (Wildman–Crippen LogP) is 0.462. The van der Waals surface area contributed by atoms with Crippen molar-refractivity contribution in [2.45, 2.75) is 25.8 Å². The second kappa shape index (κ2) is 3.69. The van der Waals surface area contributed by atoms with Crippen molar-refractivity contribution >= 4 is 16.9 Å². The number of carbonyl (C=O) groups is 1. The van der Waals surface area contributed by atoms with Crippen LogP contribution in [0.3, 0.4) is 0 Å². The molecule has 2 aromatic rings. The minimum absolute atomic E-state index is 0.190. The van der Waals surface area contributed by atoms with E-state index in [2.05, 4.69) is 15.4 Å². The minimum Gasteiger partial charge on any atom is -0.349 e. The lowest BCUT2D eigenvalue weighted by Crippen LogP contribution is -2.26. The van der Waals surface area contributed by atoms with Crippen LogP contribution in [-0.2, 0) is 7.05 Å². The summed E-state index contributed by atoms with van der Waals surface area (Å²) in [6, 6.07) is 1.93. The Hall–Kier alpha value is -2.11. The van der Waals surface area contributed by atoms with Gasteiger partial charge in [0.1, 0.15) is 0 Å². The third kappa shape index (κ3) is 1.70. The smallest absolute Gasteiger partial charge is 0.274 e. The molecule has 0 saturated heterocycles. The summed E-state index contributed by atoms with van der Waals surface area (Å²) >= 11 is 0. The molecule has 0 radical (unpaired) electrons. The zero-order valence-electron chi connectivity index (χ0n) is 10.3. The Bertz CT molecular complexity index is 694. The number of pyridine rings is 1. The predicted molar refractivity (Wildman–Crippen MR) is 66.6 cm³/mol. The van der Waals surface area contributed by atoms with Crippen molar-refractivity contribution in [1.29, 1.82) is 0 Å². The third-order valence-corrected chi connectivity index (χ3v) is 3.10. The molecule has 1 fully saturated rings. The van der Waals surface area contributed by atoms with E-state index in [1.807, 2.05) is 6.92 Å². The number of hydrogen-bond donors (Lipinski definition) is 2. The van der Waals surface area contributed by atoms with Crippen LogP contribution in [0.15, 0.2) is 10.9 Å². The number of aromatic amines is 1. The Balaban J connectivity index is 2.20. The Labute approximate surface area is 103 Å². The lowest BCUT2D eigenvalue weighted by Gasteiger charge is -2.05. The molecule has 1 aliphatic rings. The Morgan fingerprint density at radius 1 is 1.56 bits per heavy atom. The van der Waals surface area contributed by atoms with E-state index in [4.69, 9.17) is 0 Å². The van der Waals surface area contributed by atoms with Crippen LogP contribution in [-0.4, -0.2) is 26.7 Å². The molecule has 2 aromatic heterocycles. The number of amides is 1. The maximum Gasteiger partial charge on any atom is 0.274 e. The van der Waals surface area contributed by atoms with Crippen LogP contribution in [0.25, 0.3) is 11.0 Å². The van der Waals surface area contributed by atoms with Gasteiger partial charge in [-0.2, -0.15) is 0 Å². The third-order valence-electron chi connectivity index (χ3n) is 3.10. The van der Waals surface area contributed by atoms with Gasteiger partial charge in [-0.1, -0.05) is 0 Å². The lowest BCUT2D eigenvalue weighted by atomic mass is 10.1. The summed E-state index contributed by atoms with van der Waals surface area (Å²) in [6.07, 6.45) is 2.04. The highest BCUT2D eigenvalue weighted by molar-refractivity contribution is 6.05. The van der Waals surface area contributed by atoms with Crippen LogP contribution in [0.1, 0.15) is 28.9 Å². The Morgan fingerprint density at radius 3 is 2.94 bits per heavy atom. The van der Waals surface area contributed by atoms with Crippen molar-refractivity contribution < 1.29 is 4.79 Å². The molecule has 2 N–H and O–H groups in total. The number of aromatic nitrogens is 3. The summed E-state index contributed by atoms with van der Waals surface area (Å²) in [5.41, 5.74) is 1.37. The summed E-state index contributed by atoms with van der Waals surface area (Å²) in [5, 5.41) is 5.89. The first-order valence-electron chi connectivity index (χ1n) is 5.93. The molecule has 6 heteroatoms. The van der Waals surface area contributed by atoms with Crippen molar-refractivity contribution in [2.24, 2.45) is 7.05 Å². The number of rotatable bonds is 2.